The molecule has 0 unspecified atom stereocenters. The second-order valence-corrected chi connectivity index (χ2v) is 5.47. The molecule has 0 radical (unpaired) electrons. The molecule has 0 atom stereocenters. The first-order valence-corrected chi connectivity index (χ1v) is 7.13. The van der Waals surface area contributed by atoms with Gasteiger partial charge in [-0.3, -0.25) is 10.1 Å². The molecule has 2 N–H and O–H groups in total. The molecule has 2 rings (SSSR count). The summed E-state index contributed by atoms with van der Waals surface area (Å²) in [4.78, 5) is 20.5. The number of hydrogen-bond acceptors (Lipinski definition) is 7. The summed E-state index contributed by atoms with van der Waals surface area (Å²) in [6.07, 6.45) is 4.71. The maximum Gasteiger partial charge on any atom is 0.353 e. The average molecular weight is 295 g/mol. The first kappa shape index (κ1) is 15.4. The first-order valence-electron chi connectivity index (χ1n) is 7.13. The lowest BCUT2D eigenvalue weighted by atomic mass is 10.0. The molecule has 0 spiro atoms. The van der Waals surface area contributed by atoms with E-state index in [2.05, 4.69) is 15.3 Å². The van der Waals surface area contributed by atoms with Crippen molar-refractivity contribution in [2.24, 2.45) is 0 Å². The third kappa shape index (κ3) is 3.38. The quantitative estimate of drug-likeness (QED) is 0.606. The minimum absolute atomic E-state index is 0.150. The molecular weight excluding hydrogens is 274 g/mol. The van der Waals surface area contributed by atoms with Crippen LogP contribution < -0.4 is 10.2 Å². The zero-order chi connectivity index (χ0) is 15.5. The number of rotatable bonds is 6. The molecule has 1 aliphatic rings. The Labute approximate surface area is 123 Å². The van der Waals surface area contributed by atoms with Gasteiger partial charge in [-0.1, -0.05) is 12.8 Å². The molecule has 8 heteroatoms. The summed E-state index contributed by atoms with van der Waals surface area (Å²) in [5.74, 6) is 0.434. The molecule has 21 heavy (non-hydrogen) atoms. The normalized spacial score (nSPS) is 16.7. The van der Waals surface area contributed by atoms with Crippen LogP contribution in [0.1, 0.15) is 32.6 Å². The second-order valence-electron chi connectivity index (χ2n) is 5.47. The molecule has 1 fully saturated rings. The van der Waals surface area contributed by atoms with Crippen LogP contribution in [-0.4, -0.2) is 45.7 Å². The molecule has 0 bridgehead atoms. The highest BCUT2D eigenvalue weighted by Gasteiger charge is 2.35. The Kier molecular flexibility index (Phi) is 4.56. The number of nitrogens with zero attached hydrogens (tertiary/aromatic N) is 4. The molecule has 1 saturated carbocycles. The minimum atomic E-state index is -0.786. The molecule has 0 saturated heterocycles. The molecule has 1 aromatic rings. The van der Waals surface area contributed by atoms with Crippen LogP contribution in [0, 0.1) is 10.1 Å². The zero-order valence-electron chi connectivity index (χ0n) is 12.4. The van der Waals surface area contributed by atoms with Crippen molar-refractivity contribution < 1.29 is 10.0 Å². The van der Waals surface area contributed by atoms with Gasteiger partial charge >= 0.3 is 5.69 Å². The van der Waals surface area contributed by atoms with Gasteiger partial charge in [-0.15, -0.1) is 0 Å². The summed E-state index contributed by atoms with van der Waals surface area (Å²) in [6.45, 7) is 2.71. The Morgan fingerprint density at radius 1 is 1.48 bits per heavy atom. The molecule has 1 heterocycles. The van der Waals surface area contributed by atoms with Gasteiger partial charge in [0, 0.05) is 20.1 Å². The maximum atomic E-state index is 11.3. The van der Waals surface area contributed by atoms with Crippen molar-refractivity contribution in [3.05, 3.63) is 16.4 Å². The van der Waals surface area contributed by atoms with Crippen LogP contribution in [0.5, 0.6) is 0 Å². The average Bonchev–Trinajstić information content (AvgIpc) is 2.85. The van der Waals surface area contributed by atoms with E-state index in [1.807, 2.05) is 6.92 Å². The lowest BCUT2D eigenvalue weighted by molar-refractivity contribution is -0.383. The molecule has 116 valence electrons. The van der Waals surface area contributed by atoms with Gasteiger partial charge in [0.05, 0.1) is 10.5 Å². The number of anilines is 2. The van der Waals surface area contributed by atoms with E-state index in [4.69, 9.17) is 0 Å². The summed E-state index contributed by atoms with van der Waals surface area (Å²) in [5, 5.41) is 24.7. The van der Waals surface area contributed by atoms with E-state index in [0.29, 0.717) is 13.1 Å². The van der Waals surface area contributed by atoms with Crippen molar-refractivity contribution in [3.8, 4) is 0 Å². The van der Waals surface area contributed by atoms with E-state index in [1.165, 1.54) is 6.33 Å². The Morgan fingerprint density at radius 3 is 2.71 bits per heavy atom. The van der Waals surface area contributed by atoms with E-state index in [0.717, 1.165) is 25.7 Å². The van der Waals surface area contributed by atoms with Gasteiger partial charge in [0.2, 0.25) is 11.6 Å². The van der Waals surface area contributed by atoms with Crippen LogP contribution in [0.3, 0.4) is 0 Å². The molecule has 0 aliphatic heterocycles. The Hall–Kier alpha value is -1.96. The number of nitro groups is 1. The van der Waals surface area contributed by atoms with E-state index in [1.54, 1.807) is 11.9 Å². The topological polar surface area (TPSA) is 104 Å². The van der Waals surface area contributed by atoms with Crippen molar-refractivity contribution in [1.29, 1.82) is 0 Å². The Morgan fingerprint density at radius 2 is 2.14 bits per heavy atom. The fraction of sp³-hybridized carbons (Fsp3) is 0.692. The summed E-state index contributed by atoms with van der Waals surface area (Å²) in [6, 6.07) is 0. The number of hydrogen-bond donors (Lipinski definition) is 2. The summed E-state index contributed by atoms with van der Waals surface area (Å²) < 4.78 is 0. The highest BCUT2D eigenvalue weighted by atomic mass is 16.6. The molecule has 1 aromatic heterocycles. The predicted octanol–water partition coefficient (Wildman–Crippen LogP) is 1.56. The molecule has 0 aromatic carbocycles. The lowest BCUT2D eigenvalue weighted by Gasteiger charge is -2.29. The summed E-state index contributed by atoms with van der Waals surface area (Å²) >= 11 is 0. The van der Waals surface area contributed by atoms with Crippen LogP contribution in [0.25, 0.3) is 0 Å². The van der Waals surface area contributed by atoms with Crippen LogP contribution >= 0.6 is 0 Å². The SMILES string of the molecule is CCNc1ncnc(N(C)CC2(O)CCCC2)c1[N+](=O)[O-]. The number of likely N-dealkylation sites (N-methyl/N-ethyl adjacent to an activating group) is 1. The fourth-order valence-electron chi connectivity index (χ4n) is 2.82. The van der Waals surface area contributed by atoms with E-state index in [-0.39, 0.29) is 17.3 Å². The third-order valence-corrected chi connectivity index (χ3v) is 3.76. The summed E-state index contributed by atoms with van der Waals surface area (Å²) in [7, 11) is 1.71. The Bertz CT molecular complexity index is 517. The van der Waals surface area contributed by atoms with Crippen LogP contribution in [-0.2, 0) is 0 Å². The maximum absolute atomic E-state index is 11.3. The van der Waals surface area contributed by atoms with Crippen molar-refractivity contribution in [2.45, 2.75) is 38.2 Å². The van der Waals surface area contributed by atoms with Gasteiger partial charge in [0.1, 0.15) is 6.33 Å². The second kappa shape index (κ2) is 6.21. The van der Waals surface area contributed by atoms with Crippen LogP contribution in [0.4, 0.5) is 17.3 Å². The first-order chi connectivity index (χ1) is 9.97. The highest BCUT2D eigenvalue weighted by Crippen LogP contribution is 2.35. The van der Waals surface area contributed by atoms with E-state index < -0.39 is 10.5 Å². The van der Waals surface area contributed by atoms with E-state index >= 15 is 0 Å². The fourth-order valence-corrected chi connectivity index (χ4v) is 2.82. The molecule has 0 amide bonds. The van der Waals surface area contributed by atoms with Crippen LogP contribution in [0.15, 0.2) is 6.33 Å². The minimum Gasteiger partial charge on any atom is -0.388 e. The van der Waals surface area contributed by atoms with Gasteiger partial charge in [-0.25, -0.2) is 9.97 Å². The van der Waals surface area contributed by atoms with Gasteiger partial charge in [0.25, 0.3) is 0 Å². The number of nitrogens with one attached hydrogen (secondary N) is 1. The van der Waals surface area contributed by atoms with Crippen LogP contribution in [0.2, 0.25) is 0 Å². The molecule has 1 aliphatic carbocycles. The standard InChI is InChI=1S/C13H21N5O3/c1-3-14-11-10(18(20)21)12(16-9-15-11)17(2)8-13(19)6-4-5-7-13/h9,19H,3-8H2,1-2H3,(H,14,15,16). The van der Waals surface area contributed by atoms with Crippen molar-refractivity contribution in [3.63, 3.8) is 0 Å². The van der Waals surface area contributed by atoms with Crippen molar-refractivity contribution >= 4 is 17.3 Å². The third-order valence-electron chi connectivity index (χ3n) is 3.76. The smallest absolute Gasteiger partial charge is 0.353 e. The van der Waals surface area contributed by atoms with Gasteiger partial charge < -0.3 is 15.3 Å². The Balaban J connectivity index is 2.29. The number of aromatic nitrogens is 2. The predicted molar refractivity (Wildman–Crippen MR) is 79.5 cm³/mol. The summed E-state index contributed by atoms with van der Waals surface area (Å²) in [5.41, 5.74) is -0.935. The van der Waals surface area contributed by atoms with Gasteiger partial charge in [-0.05, 0) is 19.8 Å². The largest absolute Gasteiger partial charge is 0.388 e. The highest BCUT2D eigenvalue weighted by molar-refractivity contribution is 5.70. The van der Waals surface area contributed by atoms with Gasteiger partial charge in [0.15, 0.2) is 0 Å². The molecule has 8 nitrogen and oxygen atoms in total. The van der Waals surface area contributed by atoms with Crippen molar-refractivity contribution in [2.75, 3.05) is 30.4 Å². The monoisotopic (exact) mass is 295 g/mol. The van der Waals surface area contributed by atoms with Gasteiger partial charge in [-0.2, -0.15) is 0 Å². The number of aliphatic hydroxyl groups is 1. The van der Waals surface area contributed by atoms with E-state index in [9.17, 15) is 15.2 Å². The lowest BCUT2D eigenvalue weighted by Crippen LogP contribution is -2.39. The zero-order valence-corrected chi connectivity index (χ0v) is 12.4. The molecular formula is C13H21N5O3. The van der Waals surface area contributed by atoms with Crippen molar-refractivity contribution in [1.82, 2.24) is 9.97 Å².